The van der Waals surface area contributed by atoms with Crippen LogP contribution >= 0.6 is 11.8 Å². The molecule has 1 aromatic rings. The minimum absolute atomic E-state index is 0.0965. The molecule has 1 fully saturated rings. The van der Waals surface area contributed by atoms with E-state index in [2.05, 4.69) is 24.6 Å². The molecule has 1 unspecified atom stereocenters. The topological polar surface area (TPSA) is 96.3 Å². The molecule has 1 amide bonds. The lowest BCUT2D eigenvalue weighted by Crippen LogP contribution is -2.53. The van der Waals surface area contributed by atoms with Gasteiger partial charge in [0.25, 0.3) is 0 Å². The highest BCUT2D eigenvalue weighted by Gasteiger charge is 2.73. The number of hydrogen-bond donors (Lipinski definition) is 1. The highest BCUT2D eigenvalue weighted by atomic mass is 32.3. The van der Waals surface area contributed by atoms with Crippen molar-refractivity contribution in [1.29, 1.82) is 0 Å². The molecule has 1 saturated carbocycles. The molecule has 1 aliphatic carbocycles. The number of sulfone groups is 1. The molecule has 1 N–H and O–H groups in total. The molecule has 1 heterocycles. The predicted molar refractivity (Wildman–Crippen MR) is 142 cm³/mol. The number of ether oxygens (including phenoxy) is 1. The van der Waals surface area contributed by atoms with Gasteiger partial charge in [0.2, 0.25) is 0 Å². The van der Waals surface area contributed by atoms with Crippen molar-refractivity contribution in [3.8, 4) is 0 Å². The number of hydrogen-bond acceptors (Lipinski definition) is 6. The number of benzene rings is 1. The second-order valence-electron chi connectivity index (χ2n) is 12.1. The zero-order valence-electron chi connectivity index (χ0n) is 22.1. The molecule has 0 saturated heterocycles. The summed E-state index contributed by atoms with van der Waals surface area (Å²) in [5, 5.41) is 10.2. The Bertz CT molecular complexity index is 1180. The Balaban J connectivity index is 2.17. The molecular weight excluding hydrogens is 526 g/mol. The van der Waals surface area contributed by atoms with Gasteiger partial charge in [-0.1, -0.05) is 64.3 Å². The van der Waals surface area contributed by atoms with E-state index >= 15 is 4.39 Å². The van der Waals surface area contributed by atoms with Crippen LogP contribution in [0, 0.1) is 23.0 Å². The summed E-state index contributed by atoms with van der Waals surface area (Å²) in [7, 11) is -5.22. The summed E-state index contributed by atoms with van der Waals surface area (Å²) in [6, 6.07) is 4.49. The number of amides is 1. The number of halogens is 2. The standard InChI is InChI=1S/C24H36F2N2O5S2Si/c1-22(2,3)19(33-12-13-36(6,7)8)28(21(29)30)20-27-23(4,15-10-9-11-16(25)18(15)26)17-14-24(17,34-20)35(5,31)32/h9-11,17,19H,12-14H2,1-8H3,(H,29,30)/t17-,19?,23+,24+/m0/s1. The van der Waals surface area contributed by atoms with Crippen molar-refractivity contribution < 1.29 is 31.8 Å². The van der Waals surface area contributed by atoms with Gasteiger partial charge in [-0.15, -0.1) is 0 Å². The monoisotopic (exact) mass is 562 g/mol. The first-order chi connectivity index (χ1) is 16.2. The van der Waals surface area contributed by atoms with Gasteiger partial charge in [0, 0.05) is 37.8 Å². The molecule has 2 aliphatic rings. The number of thioether (sulfide) groups is 1. The van der Waals surface area contributed by atoms with Gasteiger partial charge in [0.15, 0.2) is 26.6 Å². The van der Waals surface area contributed by atoms with Gasteiger partial charge < -0.3 is 9.84 Å². The smallest absolute Gasteiger partial charge is 0.415 e. The molecule has 7 nitrogen and oxygen atoms in total. The number of aliphatic imine (C=N–C) groups is 1. The third kappa shape index (κ3) is 5.37. The van der Waals surface area contributed by atoms with Gasteiger partial charge in [-0.25, -0.2) is 26.9 Å². The molecule has 4 atom stereocenters. The van der Waals surface area contributed by atoms with Crippen LogP contribution in [0.25, 0.3) is 0 Å². The molecule has 0 spiro atoms. The van der Waals surface area contributed by atoms with Crippen LogP contribution in [-0.2, 0) is 20.1 Å². The highest BCUT2D eigenvalue weighted by molar-refractivity contribution is 8.24. The second-order valence-corrected chi connectivity index (χ2v) is 21.6. The largest absolute Gasteiger partial charge is 0.465 e. The fourth-order valence-electron chi connectivity index (χ4n) is 4.62. The Morgan fingerprint density at radius 1 is 1.33 bits per heavy atom. The van der Waals surface area contributed by atoms with Crippen LogP contribution < -0.4 is 0 Å². The van der Waals surface area contributed by atoms with Crippen molar-refractivity contribution in [2.75, 3.05) is 12.9 Å². The van der Waals surface area contributed by atoms with E-state index in [1.54, 1.807) is 6.92 Å². The summed E-state index contributed by atoms with van der Waals surface area (Å²) in [6.07, 6.45) is -1.12. The van der Waals surface area contributed by atoms with Crippen molar-refractivity contribution in [3.05, 3.63) is 35.4 Å². The molecule has 36 heavy (non-hydrogen) atoms. The average molecular weight is 563 g/mol. The summed E-state index contributed by atoms with van der Waals surface area (Å²) >= 11 is 0.861. The van der Waals surface area contributed by atoms with Crippen molar-refractivity contribution in [1.82, 2.24) is 4.90 Å². The maximum Gasteiger partial charge on any atom is 0.415 e. The molecule has 12 heteroatoms. The quantitative estimate of drug-likeness (QED) is 0.336. The summed E-state index contributed by atoms with van der Waals surface area (Å²) in [5.74, 6) is -2.85. The predicted octanol–water partition coefficient (Wildman–Crippen LogP) is 5.75. The average Bonchev–Trinajstić information content (AvgIpc) is 3.44. The Morgan fingerprint density at radius 3 is 2.44 bits per heavy atom. The lowest BCUT2D eigenvalue weighted by Gasteiger charge is -2.42. The number of rotatable bonds is 7. The lowest BCUT2D eigenvalue weighted by molar-refractivity contribution is -0.0761. The van der Waals surface area contributed by atoms with Crippen LogP contribution in [0.4, 0.5) is 13.6 Å². The van der Waals surface area contributed by atoms with Crippen LogP contribution in [-0.4, -0.2) is 60.9 Å². The van der Waals surface area contributed by atoms with E-state index in [0.717, 1.165) is 35.0 Å². The molecular formula is C24H36F2N2O5S2Si. The van der Waals surface area contributed by atoms with Crippen LogP contribution in [0.3, 0.4) is 0 Å². The first-order valence-corrected chi connectivity index (χ1v) is 18.2. The molecule has 0 bridgehead atoms. The Labute approximate surface area is 217 Å². The van der Waals surface area contributed by atoms with Crippen molar-refractivity contribution in [2.45, 2.75) is 75.6 Å². The Kier molecular flexibility index (Phi) is 7.55. The van der Waals surface area contributed by atoms with Gasteiger partial charge in [-0.2, -0.15) is 0 Å². The van der Waals surface area contributed by atoms with Gasteiger partial charge in [-0.05, 0) is 25.5 Å². The fraction of sp³-hybridized carbons (Fsp3) is 0.667. The zero-order valence-corrected chi connectivity index (χ0v) is 24.7. The van der Waals surface area contributed by atoms with Gasteiger partial charge in [0.1, 0.15) is 10.3 Å². The maximum atomic E-state index is 15.0. The number of nitrogens with zero attached hydrogens (tertiary/aromatic N) is 2. The molecule has 0 aromatic heterocycles. The molecule has 0 radical (unpaired) electrons. The van der Waals surface area contributed by atoms with E-state index in [-0.39, 0.29) is 17.2 Å². The van der Waals surface area contributed by atoms with Crippen LogP contribution in [0.1, 0.15) is 39.7 Å². The number of carbonyl (C=O) groups is 1. The van der Waals surface area contributed by atoms with E-state index in [1.165, 1.54) is 12.1 Å². The highest BCUT2D eigenvalue weighted by Crippen LogP contribution is 2.69. The van der Waals surface area contributed by atoms with Gasteiger partial charge in [-0.3, -0.25) is 4.99 Å². The summed E-state index contributed by atoms with van der Waals surface area (Å²) in [5.41, 5.74) is -2.29. The first-order valence-electron chi connectivity index (χ1n) is 11.8. The zero-order chi connectivity index (χ0) is 27.5. The van der Waals surface area contributed by atoms with E-state index in [1.807, 2.05) is 20.8 Å². The third-order valence-corrected chi connectivity index (χ3v) is 12.6. The van der Waals surface area contributed by atoms with Crippen LogP contribution in [0.5, 0.6) is 0 Å². The normalized spacial score (nSPS) is 27.2. The third-order valence-electron chi connectivity index (χ3n) is 6.77. The second kappa shape index (κ2) is 9.35. The minimum Gasteiger partial charge on any atom is -0.465 e. The van der Waals surface area contributed by atoms with E-state index in [0.29, 0.717) is 6.61 Å². The Morgan fingerprint density at radius 2 is 1.94 bits per heavy atom. The first kappa shape index (κ1) is 29.1. The van der Waals surface area contributed by atoms with Crippen LogP contribution in [0.2, 0.25) is 25.7 Å². The molecule has 202 valence electrons. The fourth-order valence-corrected chi connectivity index (χ4v) is 8.83. The summed E-state index contributed by atoms with van der Waals surface area (Å²) in [6.45, 7) is 13.9. The molecule has 1 aromatic carbocycles. The van der Waals surface area contributed by atoms with E-state index in [4.69, 9.17) is 4.74 Å². The van der Waals surface area contributed by atoms with Crippen molar-refractivity contribution >= 4 is 40.9 Å². The summed E-state index contributed by atoms with van der Waals surface area (Å²) in [4.78, 5) is 18.3. The van der Waals surface area contributed by atoms with Crippen molar-refractivity contribution in [2.24, 2.45) is 16.3 Å². The maximum absolute atomic E-state index is 15.0. The van der Waals surface area contributed by atoms with Gasteiger partial charge >= 0.3 is 6.09 Å². The van der Waals surface area contributed by atoms with Gasteiger partial charge in [0.05, 0.1) is 5.54 Å². The number of amidine groups is 1. The number of carboxylic acid groups (broad SMARTS) is 1. The van der Waals surface area contributed by atoms with Crippen molar-refractivity contribution in [3.63, 3.8) is 0 Å². The van der Waals surface area contributed by atoms with E-state index in [9.17, 15) is 22.7 Å². The molecule has 3 rings (SSSR count). The summed E-state index contributed by atoms with van der Waals surface area (Å²) < 4.78 is 59.9. The Hall–Kier alpha value is -1.50. The van der Waals surface area contributed by atoms with Crippen LogP contribution in [0.15, 0.2) is 23.2 Å². The minimum atomic E-state index is -3.73. The SMILES string of the molecule is CC(C)(C)C(OCC[Si](C)(C)C)N(C(=O)O)C1=N[C@](C)(c2cccc(F)c2F)[C@@H]2C[C@]2(S(C)(=O)=O)S1. The van der Waals surface area contributed by atoms with E-state index < -0.39 is 62.8 Å². The molecule has 1 aliphatic heterocycles. The lowest BCUT2D eigenvalue weighted by atomic mass is 9.87. The number of fused-ring (bicyclic) bond motifs is 1.